The molecule has 1 N–H and O–H groups in total. The number of anilines is 1. The van der Waals surface area contributed by atoms with Crippen LogP contribution in [0.4, 0.5) is 5.69 Å². The van der Waals surface area contributed by atoms with Crippen LogP contribution in [0, 0.1) is 0 Å². The molecule has 4 rings (SSSR count). The molecule has 0 atom stereocenters. The normalized spacial score (nSPS) is 12.2. The van der Waals surface area contributed by atoms with Crippen molar-refractivity contribution in [3.63, 3.8) is 0 Å². The van der Waals surface area contributed by atoms with Crippen molar-refractivity contribution in [1.82, 2.24) is 4.98 Å². The first-order valence-corrected chi connectivity index (χ1v) is 9.14. The van der Waals surface area contributed by atoms with Crippen LogP contribution in [0.5, 0.6) is 23.0 Å². The Morgan fingerprint density at radius 1 is 1.10 bits per heavy atom. The molecular weight excluding hydrogens is 372 g/mol. The molecule has 1 amide bonds. The standard InChI is InChI=1S/C22H20N2O5/c1-26-19-11-15(12-20-21(19)28-10-9-27-20)22(25)24-16-6-4-7-18(13-16)29-14-17-5-2-3-8-23-17/h2-8,11-13H,9-10,14H2,1H3,(H,24,25). The second-order valence-corrected chi connectivity index (χ2v) is 6.29. The highest BCUT2D eigenvalue weighted by Gasteiger charge is 2.21. The zero-order chi connectivity index (χ0) is 20.1. The predicted molar refractivity (Wildman–Crippen MR) is 107 cm³/mol. The molecule has 0 saturated heterocycles. The maximum atomic E-state index is 12.7. The number of pyridine rings is 1. The summed E-state index contributed by atoms with van der Waals surface area (Å²) >= 11 is 0. The number of carbonyl (C=O) groups is 1. The molecule has 0 saturated carbocycles. The molecule has 3 aromatic rings. The zero-order valence-electron chi connectivity index (χ0n) is 15.9. The number of hydrogen-bond donors (Lipinski definition) is 1. The van der Waals surface area contributed by atoms with Gasteiger partial charge in [0.05, 0.1) is 12.8 Å². The fraction of sp³-hybridized carbons (Fsp3) is 0.182. The second-order valence-electron chi connectivity index (χ2n) is 6.29. The third-order valence-electron chi connectivity index (χ3n) is 4.29. The fourth-order valence-corrected chi connectivity index (χ4v) is 2.91. The lowest BCUT2D eigenvalue weighted by Crippen LogP contribution is -2.18. The monoisotopic (exact) mass is 392 g/mol. The number of nitrogens with zero attached hydrogens (tertiary/aromatic N) is 1. The Bertz CT molecular complexity index is 990. The highest BCUT2D eigenvalue weighted by molar-refractivity contribution is 6.05. The van der Waals surface area contributed by atoms with Crippen LogP contribution in [0.3, 0.4) is 0 Å². The number of carbonyl (C=O) groups excluding carboxylic acids is 1. The first-order valence-electron chi connectivity index (χ1n) is 9.14. The van der Waals surface area contributed by atoms with Crippen molar-refractivity contribution in [2.45, 2.75) is 6.61 Å². The molecule has 1 aliphatic rings. The quantitative estimate of drug-likeness (QED) is 0.689. The average molecular weight is 392 g/mol. The van der Waals surface area contributed by atoms with E-state index in [1.165, 1.54) is 7.11 Å². The number of aromatic nitrogens is 1. The van der Waals surface area contributed by atoms with E-state index >= 15 is 0 Å². The highest BCUT2D eigenvalue weighted by Crippen LogP contribution is 2.40. The van der Waals surface area contributed by atoms with Crippen LogP contribution in [0.1, 0.15) is 16.1 Å². The summed E-state index contributed by atoms with van der Waals surface area (Å²) in [5.41, 5.74) is 1.85. The van der Waals surface area contributed by atoms with E-state index in [0.717, 1.165) is 5.69 Å². The zero-order valence-corrected chi connectivity index (χ0v) is 15.9. The van der Waals surface area contributed by atoms with Crippen molar-refractivity contribution in [2.75, 3.05) is 25.6 Å². The molecular formula is C22H20N2O5. The summed E-state index contributed by atoms with van der Waals surface area (Å²) in [7, 11) is 1.53. The Hall–Kier alpha value is -3.74. The summed E-state index contributed by atoms with van der Waals surface area (Å²) in [5, 5.41) is 2.87. The number of nitrogens with one attached hydrogen (secondary N) is 1. The van der Waals surface area contributed by atoms with Gasteiger partial charge in [0.15, 0.2) is 11.5 Å². The van der Waals surface area contributed by atoms with Crippen LogP contribution in [0.25, 0.3) is 0 Å². The molecule has 7 nitrogen and oxygen atoms in total. The summed E-state index contributed by atoms with van der Waals surface area (Å²) in [6.07, 6.45) is 1.72. The van der Waals surface area contributed by atoms with Gasteiger partial charge in [-0.05, 0) is 36.4 Å². The van der Waals surface area contributed by atoms with Gasteiger partial charge in [-0.1, -0.05) is 12.1 Å². The third-order valence-corrected chi connectivity index (χ3v) is 4.29. The van der Waals surface area contributed by atoms with E-state index in [-0.39, 0.29) is 5.91 Å². The van der Waals surface area contributed by atoms with Crippen molar-refractivity contribution in [3.05, 3.63) is 72.1 Å². The van der Waals surface area contributed by atoms with E-state index < -0.39 is 0 Å². The predicted octanol–water partition coefficient (Wildman–Crippen LogP) is 3.69. The van der Waals surface area contributed by atoms with Crippen molar-refractivity contribution >= 4 is 11.6 Å². The lowest BCUT2D eigenvalue weighted by atomic mass is 10.1. The summed E-state index contributed by atoms with van der Waals surface area (Å²) in [6.45, 7) is 1.22. The van der Waals surface area contributed by atoms with Crippen molar-refractivity contribution in [3.8, 4) is 23.0 Å². The van der Waals surface area contributed by atoms with E-state index in [1.807, 2.05) is 30.3 Å². The molecule has 2 heterocycles. The molecule has 0 spiro atoms. The average Bonchev–Trinajstić information content (AvgIpc) is 2.78. The Kier molecular flexibility index (Phi) is 5.47. The van der Waals surface area contributed by atoms with Crippen molar-refractivity contribution in [1.29, 1.82) is 0 Å². The minimum atomic E-state index is -0.290. The molecule has 0 aliphatic carbocycles. The van der Waals surface area contributed by atoms with E-state index in [9.17, 15) is 4.79 Å². The SMILES string of the molecule is COc1cc(C(=O)Nc2cccc(OCc3ccccn3)c2)cc2c1OCCO2. The molecule has 2 aromatic carbocycles. The molecule has 0 fully saturated rings. The van der Waals surface area contributed by atoms with E-state index in [1.54, 1.807) is 30.5 Å². The minimum Gasteiger partial charge on any atom is -0.493 e. The summed E-state index contributed by atoms with van der Waals surface area (Å²) in [6, 6.07) is 16.1. The Morgan fingerprint density at radius 2 is 2.00 bits per heavy atom. The summed E-state index contributed by atoms with van der Waals surface area (Å²) in [5.74, 6) is 1.81. The maximum absolute atomic E-state index is 12.7. The van der Waals surface area contributed by atoms with Crippen LogP contribution in [0.15, 0.2) is 60.8 Å². The molecule has 29 heavy (non-hydrogen) atoms. The van der Waals surface area contributed by atoms with Crippen LogP contribution in [-0.2, 0) is 6.61 Å². The summed E-state index contributed by atoms with van der Waals surface area (Å²) in [4.78, 5) is 17.0. The molecule has 7 heteroatoms. The molecule has 148 valence electrons. The van der Waals surface area contributed by atoms with E-state index in [4.69, 9.17) is 18.9 Å². The lowest BCUT2D eigenvalue weighted by molar-refractivity contribution is 0.102. The van der Waals surface area contributed by atoms with Gasteiger partial charge in [-0.2, -0.15) is 0 Å². The van der Waals surface area contributed by atoms with Crippen LogP contribution in [-0.4, -0.2) is 31.2 Å². The number of methoxy groups -OCH3 is 1. The summed E-state index contributed by atoms with van der Waals surface area (Å²) < 4.78 is 22.3. The molecule has 0 bridgehead atoms. The molecule has 0 unspecified atom stereocenters. The van der Waals surface area contributed by atoms with Crippen LogP contribution < -0.4 is 24.3 Å². The fourth-order valence-electron chi connectivity index (χ4n) is 2.91. The van der Waals surface area contributed by atoms with Crippen LogP contribution in [0.2, 0.25) is 0 Å². The number of amides is 1. The van der Waals surface area contributed by atoms with Gasteiger partial charge in [-0.3, -0.25) is 9.78 Å². The van der Waals surface area contributed by atoms with Gasteiger partial charge in [0.25, 0.3) is 5.91 Å². The second kappa shape index (κ2) is 8.52. The van der Waals surface area contributed by atoms with Gasteiger partial charge in [0, 0.05) is 23.5 Å². The van der Waals surface area contributed by atoms with Crippen molar-refractivity contribution < 1.29 is 23.7 Å². The van der Waals surface area contributed by atoms with E-state index in [2.05, 4.69) is 10.3 Å². The third kappa shape index (κ3) is 4.40. The van der Waals surface area contributed by atoms with Gasteiger partial charge in [-0.15, -0.1) is 0 Å². The minimum absolute atomic E-state index is 0.290. The topological polar surface area (TPSA) is 78.9 Å². The van der Waals surface area contributed by atoms with Gasteiger partial charge in [-0.25, -0.2) is 0 Å². The van der Waals surface area contributed by atoms with Crippen molar-refractivity contribution in [2.24, 2.45) is 0 Å². The van der Waals surface area contributed by atoms with Gasteiger partial charge in [0.2, 0.25) is 5.75 Å². The highest BCUT2D eigenvalue weighted by atomic mass is 16.6. The smallest absolute Gasteiger partial charge is 0.255 e. The Morgan fingerprint density at radius 3 is 2.83 bits per heavy atom. The number of rotatable bonds is 6. The van der Waals surface area contributed by atoms with Crippen LogP contribution >= 0.6 is 0 Å². The first kappa shape index (κ1) is 18.6. The molecule has 1 aromatic heterocycles. The Labute approximate surface area is 168 Å². The van der Waals surface area contributed by atoms with E-state index in [0.29, 0.717) is 54.1 Å². The number of fused-ring (bicyclic) bond motifs is 1. The Balaban J connectivity index is 1.47. The first-order chi connectivity index (χ1) is 14.2. The van der Waals surface area contributed by atoms with Gasteiger partial charge >= 0.3 is 0 Å². The largest absolute Gasteiger partial charge is 0.493 e. The number of hydrogen-bond acceptors (Lipinski definition) is 6. The van der Waals surface area contributed by atoms with Gasteiger partial charge in [0.1, 0.15) is 25.6 Å². The molecule has 0 radical (unpaired) electrons. The lowest BCUT2D eigenvalue weighted by Gasteiger charge is -2.21. The molecule has 1 aliphatic heterocycles. The number of benzene rings is 2. The number of ether oxygens (including phenoxy) is 4. The van der Waals surface area contributed by atoms with Gasteiger partial charge < -0.3 is 24.3 Å². The maximum Gasteiger partial charge on any atom is 0.255 e.